The molecule has 0 N–H and O–H groups in total. The topological polar surface area (TPSA) is 26.3 Å². The highest BCUT2D eigenvalue weighted by molar-refractivity contribution is 5.91. The molecule has 0 saturated carbocycles. The van der Waals surface area contributed by atoms with Crippen LogP contribution in [0.2, 0.25) is 0 Å². The van der Waals surface area contributed by atoms with Crippen LogP contribution >= 0.6 is 0 Å². The molecule has 80 valence electrons. The highest BCUT2D eigenvalue weighted by Crippen LogP contribution is 2.25. The van der Waals surface area contributed by atoms with Crippen LogP contribution in [0.1, 0.15) is 32.6 Å². The van der Waals surface area contributed by atoms with Crippen molar-refractivity contribution < 1.29 is 9.53 Å². The van der Waals surface area contributed by atoms with Gasteiger partial charge in [-0.15, -0.1) is 0 Å². The van der Waals surface area contributed by atoms with Crippen molar-refractivity contribution in [2.24, 2.45) is 0 Å². The van der Waals surface area contributed by atoms with Crippen LogP contribution in [-0.4, -0.2) is 12.4 Å². The van der Waals surface area contributed by atoms with Gasteiger partial charge in [0.2, 0.25) is 0 Å². The van der Waals surface area contributed by atoms with Gasteiger partial charge in [0.15, 0.2) is 5.78 Å². The van der Waals surface area contributed by atoms with Crippen LogP contribution in [0, 0.1) is 0 Å². The molecule has 1 heterocycles. The maximum absolute atomic E-state index is 11.3. The van der Waals surface area contributed by atoms with Gasteiger partial charge in [-0.3, -0.25) is 4.79 Å². The van der Waals surface area contributed by atoms with Crippen molar-refractivity contribution in [2.75, 3.05) is 6.61 Å². The Kier molecular flexibility index (Phi) is 3.05. The molecule has 0 radical (unpaired) electrons. The zero-order chi connectivity index (χ0) is 10.7. The molecule has 1 aliphatic heterocycles. The lowest BCUT2D eigenvalue weighted by Crippen LogP contribution is -2.06. The van der Waals surface area contributed by atoms with Gasteiger partial charge in [0.05, 0.1) is 6.61 Å². The minimum absolute atomic E-state index is 0.227. The fraction of sp³-hybridized carbons (Fsp3) is 0.462. The van der Waals surface area contributed by atoms with E-state index in [0.717, 1.165) is 37.2 Å². The zero-order valence-corrected chi connectivity index (χ0v) is 9.08. The highest BCUT2D eigenvalue weighted by atomic mass is 16.5. The molecule has 0 unspecified atom stereocenters. The van der Waals surface area contributed by atoms with Gasteiger partial charge < -0.3 is 4.74 Å². The Hall–Kier alpha value is -1.31. The van der Waals surface area contributed by atoms with E-state index < -0.39 is 0 Å². The van der Waals surface area contributed by atoms with Crippen molar-refractivity contribution in [3.63, 3.8) is 0 Å². The van der Waals surface area contributed by atoms with E-state index in [-0.39, 0.29) is 5.78 Å². The Balaban J connectivity index is 2.19. The molecule has 15 heavy (non-hydrogen) atoms. The minimum atomic E-state index is 0.227. The molecule has 2 nitrogen and oxygen atoms in total. The number of carbonyl (C=O) groups is 1. The van der Waals surface area contributed by atoms with Crippen LogP contribution in [0.5, 0.6) is 0 Å². The highest BCUT2D eigenvalue weighted by Gasteiger charge is 2.15. The summed E-state index contributed by atoms with van der Waals surface area (Å²) in [5.74, 6) is 1.12. The van der Waals surface area contributed by atoms with Crippen LogP contribution in [0.25, 0.3) is 0 Å². The van der Waals surface area contributed by atoms with Crippen molar-refractivity contribution in [3.8, 4) is 0 Å². The molecule has 2 heteroatoms. The average molecular weight is 204 g/mol. The largest absolute Gasteiger partial charge is 0.493 e. The van der Waals surface area contributed by atoms with E-state index in [1.807, 2.05) is 6.08 Å². The first-order valence-corrected chi connectivity index (χ1v) is 5.50. The summed E-state index contributed by atoms with van der Waals surface area (Å²) in [5.41, 5.74) is 2.39. The third-order valence-corrected chi connectivity index (χ3v) is 2.79. The van der Waals surface area contributed by atoms with E-state index in [1.54, 1.807) is 6.08 Å². The molecule has 1 aliphatic carbocycles. The van der Waals surface area contributed by atoms with Crippen molar-refractivity contribution in [1.29, 1.82) is 0 Å². The summed E-state index contributed by atoms with van der Waals surface area (Å²) in [4.78, 5) is 11.3. The lowest BCUT2D eigenvalue weighted by atomic mass is 9.97. The van der Waals surface area contributed by atoms with Crippen LogP contribution in [0.4, 0.5) is 0 Å². The molecule has 0 bridgehead atoms. The third-order valence-electron chi connectivity index (χ3n) is 2.79. The summed E-state index contributed by atoms with van der Waals surface area (Å²) >= 11 is 0. The maximum atomic E-state index is 11.3. The summed E-state index contributed by atoms with van der Waals surface area (Å²) in [5, 5.41) is 0. The monoisotopic (exact) mass is 204 g/mol. The third kappa shape index (κ3) is 2.58. The normalized spacial score (nSPS) is 22.2. The van der Waals surface area contributed by atoms with Gasteiger partial charge in [0, 0.05) is 12.8 Å². The summed E-state index contributed by atoms with van der Waals surface area (Å²) in [6.07, 6.45) is 9.39. The molecule has 0 aromatic carbocycles. The van der Waals surface area contributed by atoms with E-state index in [1.165, 1.54) is 5.57 Å². The smallest absolute Gasteiger partial charge is 0.156 e. The average Bonchev–Trinajstić information content (AvgIpc) is 2.43. The number of allylic oxidation sites excluding steroid dienone is 4. The molecule has 0 saturated heterocycles. The Labute approximate surface area is 90.3 Å². The Morgan fingerprint density at radius 1 is 1.20 bits per heavy atom. The first kappa shape index (κ1) is 10.2. The molecule has 0 fully saturated rings. The maximum Gasteiger partial charge on any atom is 0.156 e. The minimum Gasteiger partial charge on any atom is -0.493 e. The summed E-state index contributed by atoms with van der Waals surface area (Å²) in [6, 6.07) is 0. The zero-order valence-electron chi connectivity index (χ0n) is 9.08. The second kappa shape index (κ2) is 4.47. The van der Waals surface area contributed by atoms with E-state index in [2.05, 4.69) is 13.0 Å². The molecular formula is C13H16O2. The van der Waals surface area contributed by atoms with Gasteiger partial charge in [0.25, 0.3) is 0 Å². The van der Waals surface area contributed by atoms with Gasteiger partial charge in [-0.05, 0) is 37.5 Å². The molecule has 0 aromatic rings. The SMILES string of the molecule is CC1=CC=C(C2=CC(=O)CCC2)OCC1. The fourth-order valence-corrected chi connectivity index (χ4v) is 1.86. The number of rotatable bonds is 1. The molecule has 0 aromatic heterocycles. The predicted molar refractivity (Wildman–Crippen MR) is 59.4 cm³/mol. The van der Waals surface area contributed by atoms with Crippen LogP contribution in [0.15, 0.2) is 35.1 Å². The van der Waals surface area contributed by atoms with Crippen molar-refractivity contribution in [3.05, 3.63) is 35.1 Å². The van der Waals surface area contributed by atoms with Crippen molar-refractivity contribution in [2.45, 2.75) is 32.6 Å². The predicted octanol–water partition coefficient (Wildman–Crippen LogP) is 2.92. The van der Waals surface area contributed by atoms with Crippen molar-refractivity contribution in [1.82, 2.24) is 0 Å². The number of hydrogen-bond acceptors (Lipinski definition) is 2. The molecule has 0 spiro atoms. The number of ether oxygens (including phenoxy) is 1. The lowest BCUT2D eigenvalue weighted by molar-refractivity contribution is -0.115. The van der Waals surface area contributed by atoms with Crippen LogP contribution in [0.3, 0.4) is 0 Å². The number of hydrogen-bond donors (Lipinski definition) is 0. The molecular weight excluding hydrogens is 188 g/mol. The lowest BCUT2D eigenvalue weighted by Gasteiger charge is -2.15. The van der Waals surface area contributed by atoms with Crippen LogP contribution < -0.4 is 0 Å². The second-order valence-corrected chi connectivity index (χ2v) is 4.13. The summed E-state index contributed by atoms with van der Waals surface area (Å²) in [6.45, 7) is 2.82. The quantitative estimate of drug-likeness (QED) is 0.656. The van der Waals surface area contributed by atoms with Gasteiger partial charge in [-0.25, -0.2) is 0 Å². The Morgan fingerprint density at radius 2 is 2.07 bits per heavy atom. The second-order valence-electron chi connectivity index (χ2n) is 4.13. The molecule has 0 atom stereocenters. The molecule has 2 rings (SSSR count). The van der Waals surface area contributed by atoms with Gasteiger partial charge >= 0.3 is 0 Å². The van der Waals surface area contributed by atoms with Crippen molar-refractivity contribution >= 4 is 5.78 Å². The standard InChI is InChI=1S/C13H16O2/c1-10-5-6-13(15-8-7-10)11-3-2-4-12(14)9-11/h5-6,9H,2-4,7-8H2,1H3. The van der Waals surface area contributed by atoms with Gasteiger partial charge in [-0.1, -0.05) is 11.6 Å². The molecule has 0 amide bonds. The Bertz CT molecular complexity index is 359. The fourth-order valence-electron chi connectivity index (χ4n) is 1.86. The van der Waals surface area contributed by atoms with Gasteiger partial charge in [-0.2, -0.15) is 0 Å². The molecule has 2 aliphatic rings. The Morgan fingerprint density at radius 3 is 2.87 bits per heavy atom. The van der Waals surface area contributed by atoms with Gasteiger partial charge in [0.1, 0.15) is 5.76 Å². The number of ketones is 1. The van der Waals surface area contributed by atoms with E-state index in [4.69, 9.17) is 4.74 Å². The van der Waals surface area contributed by atoms with E-state index in [9.17, 15) is 4.79 Å². The first-order chi connectivity index (χ1) is 7.25. The first-order valence-electron chi connectivity index (χ1n) is 5.50. The van der Waals surface area contributed by atoms with E-state index in [0.29, 0.717) is 6.42 Å². The van der Waals surface area contributed by atoms with E-state index >= 15 is 0 Å². The van der Waals surface area contributed by atoms with Crippen LogP contribution in [-0.2, 0) is 9.53 Å². The summed E-state index contributed by atoms with van der Waals surface area (Å²) in [7, 11) is 0. The summed E-state index contributed by atoms with van der Waals surface area (Å²) < 4.78 is 5.65. The number of carbonyl (C=O) groups excluding carboxylic acids is 1.